The summed E-state index contributed by atoms with van der Waals surface area (Å²) in [6, 6.07) is 12.5. The van der Waals surface area contributed by atoms with Crippen LogP contribution in [0.5, 0.6) is 11.5 Å². The molecule has 0 saturated carbocycles. The molecule has 2 aromatic rings. The monoisotopic (exact) mass is 317 g/mol. The fourth-order valence-corrected chi connectivity index (χ4v) is 2.57. The van der Waals surface area contributed by atoms with Crippen LogP contribution in [0.1, 0.15) is 30.4 Å². The third kappa shape index (κ3) is 4.70. The Balaban J connectivity index is 2.14. The van der Waals surface area contributed by atoms with Crippen molar-refractivity contribution >= 4 is 0 Å². The minimum atomic E-state index is -0.275. The molecular weight excluding hydrogens is 293 g/mol. The van der Waals surface area contributed by atoms with E-state index in [0.29, 0.717) is 18.9 Å². The minimum Gasteiger partial charge on any atom is -0.496 e. The molecule has 0 aliphatic rings. The largest absolute Gasteiger partial charge is 0.496 e. The molecule has 0 spiro atoms. The number of halogens is 1. The molecule has 2 aromatic carbocycles. The van der Waals surface area contributed by atoms with Crippen LogP contribution in [0.3, 0.4) is 0 Å². The van der Waals surface area contributed by atoms with Gasteiger partial charge in [-0.25, -0.2) is 4.39 Å². The third-order valence-electron chi connectivity index (χ3n) is 3.79. The van der Waals surface area contributed by atoms with Crippen molar-refractivity contribution in [1.29, 1.82) is 0 Å². The van der Waals surface area contributed by atoms with Gasteiger partial charge < -0.3 is 15.2 Å². The van der Waals surface area contributed by atoms with Crippen molar-refractivity contribution in [1.82, 2.24) is 0 Å². The van der Waals surface area contributed by atoms with Crippen LogP contribution in [-0.4, -0.2) is 20.3 Å². The predicted octanol–water partition coefficient (Wildman–Crippen LogP) is 3.91. The first-order valence-electron chi connectivity index (χ1n) is 7.93. The summed E-state index contributed by atoms with van der Waals surface area (Å²) < 4.78 is 24.5. The number of ether oxygens (including phenoxy) is 2. The van der Waals surface area contributed by atoms with E-state index >= 15 is 0 Å². The average Bonchev–Trinajstić information content (AvgIpc) is 2.59. The number of hydrogen-bond donors (Lipinski definition) is 1. The molecule has 2 rings (SSSR count). The number of rotatable bonds is 8. The molecular formula is C19H24FNO2. The van der Waals surface area contributed by atoms with E-state index in [-0.39, 0.29) is 11.7 Å². The maximum atomic E-state index is 13.6. The topological polar surface area (TPSA) is 44.5 Å². The van der Waals surface area contributed by atoms with Crippen molar-refractivity contribution in [2.45, 2.75) is 25.7 Å². The second-order valence-corrected chi connectivity index (χ2v) is 5.52. The van der Waals surface area contributed by atoms with Gasteiger partial charge in [0.1, 0.15) is 17.3 Å². The molecule has 0 radical (unpaired) electrons. The lowest BCUT2D eigenvalue weighted by Crippen LogP contribution is -2.16. The zero-order chi connectivity index (χ0) is 16.7. The van der Waals surface area contributed by atoms with E-state index in [9.17, 15) is 4.39 Å². The van der Waals surface area contributed by atoms with Gasteiger partial charge in [0.05, 0.1) is 13.7 Å². The molecule has 0 bridgehead atoms. The summed E-state index contributed by atoms with van der Waals surface area (Å²) in [5.41, 5.74) is 7.86. The van der Waals surface area contributed by atoms with Gasteiger partial charge in [0.25, 0.3) is 0 Å². The normalized spacial score (nSPS) is 12.0. The van der Waals surface area contributed by atoms with Crippen LogP contribution < -0.4 is 15.2 Å². The lowest BCUT2D eigenvalue weighted by Gasteiger charge is -2.18. The molecule has 0 aromatic heterocycles. The zero-order valence-corrected chi connectivity index (χ0v) is 13.7. The third-order valence-corrected chi connectivity index (χ3v) is 3.79. The van der Waals surface area contributed by atoms with Gasteiger partial charge in [-0.05, 0) is 55.3 Å². The summed E-state index contributed by atoms with van der Waals surface area (Å²) in [5, 5.41) is 0. The lowest BCUT2D eigenvalue weighted by atomic mass is 9.91. The first-order valence-corrected chi connectivity index (χ1v) is 7.93. The van der Waals surface area contributed by atoms with Crippen molar-refractivity contribution in [3.05, 3.63) is 59.4 Å². The van der Waals surface area contributed by atoms with Crippen LogP contribution in [0.2, 0.25) is 0 Å². The molecule has 4 heteroatoms. The van der Waals surface area contributed by atoms with Crippen LogP contribution in [0, 0.1) is 5.82 Å². The number of benzene rings is 2. The molecule has 0 amide bonds. The summed E-state index contributed by atoms with van der Waals surface area (Å²) in [7, 11) is 1.59. The maximum absolute atomic E-state index is 13.6. The lowest BCUT2D eigenvalue weighted by molar-refractivity contribution is 0.317. The molecule has 0 heterocycles. The highest BCUT2D eigenvalue weighted by Crippen LogP contribution is 2.30. The van der Waals surface area contributed by atoms with Gasteiger partial charge >= 0.3 is 0 Å². The van der Waals surface area contributed by atoms with E-state index in [1.54, 1.807) is 13.2 Å². The highest BCUT2D eigenvalue weighted by Gasteiger charge is 2.16. The Kier molecular flexibility index (Phi) is 6.41. The van der Waals surface area contributed by atoms with Crippen LogP contribution in [0.4, 0.5) is 4.39 Å². The molecule has 23 heavy (non-hydrogen) atoms. The van der Waals surface area contributed by atoms with Crippen LogP contribution >= 0.6 is 0 Å². The summed E-state index contributed by atoms with van der Waals surface area (Å²) in [6.07, 6.45) is 1.71. The van der Waals surface area contributed by atoms with Crippen molar-refractivity contribution in [2.75, 3.05) is 20.3 Å². The molecule has 0 aliphatic carbocycles. The molecule has 124 valence electrons. The van der Waals surface area contributed by atoms with Gasteiger partial charge in [0.15, 0.2) is 0 Å². The SMILES string of the molecule is CCCOc1ccc(CC(CN)c2cc(F)ccc2OC)cc1. The molecule has 1 atom stereocenters. The number of methoxy groups -OCH3 is 1. The molecule has 0 saturated heterocycles. The molecule has 0 aliphatic heterocycles. The van der Waals surface area contributed by atoms with Gasteiger partial charge in [-0.3, -0.25) is 0 Å². The fourth-order valence-electron chi connectivity index (χ4n) is 2.57. The smallest absolute Gasteiger partial charge is 0.123 e. The molecule has 3 nitrogen and oxygen atoms in total. The summed E-state index contributed by atoms with van der Waals surface area (Å²) in [5.74, 6) is 1.26. The van der Waals surface area contributed by atoms with E-state index in [0.717, 1.165) is 29.7 Å². The van der Waals surface area contributed by atoms with E-state index < -0.39 is 0 Å². The van der Waals surface area contributed by atoms with Crippen LogP contribution in [-0.2, 0) is 6.42 Å². The van der Waals surface area contributed by atoms with E-state index in [1.165, 1.54) is 12.1 Å². The second kappa shape index (κ2) is 8.53. The van der Waals surface area contributed by atoms with Crippen molar-refractivity contribution in [3.8, 4) is 11.5 Å². The Bertz CT molecular complexity index is 613. The first kappa shape index (κ1) is 17.3. The average molecular weight is 317 g/mol. The second-order valence-electron chi connectivity index (χ2n) is 5.52. The quantitative estimate of drug-likeness (QED) is 0.803. The minimum absolute atomic E-state index is 0.00283. The maximum Gasteiger partial charge on any atom is 0.123 e. The standard InChI is InChI=1S/C19H24FNO2/c1-3-10-23-17-7-4-14(5-8-17)11-15(13-21)18-12-16(20)6-9-19(18)22-2/h4-9,12,15H,3,10-11,13,21H2,1-2H3. The summed E-state index contributed by atoms with van der Waals surface area (Å²) in [4.78, 5) is 0. The highest BCUT2D eigenvalue weighted by atomic mass is 19.1. The Morgan fingerprint density at radius 1 is 1.13 bits per heavy atom. The van der Waals surface area contributed by atoms with E-state index in [4.69, 9.17) is 15.2 Å². The van der Waals surface area contributed by atoms with Gasteiger partial charge in [0, 0.05) is 11.5 Å². The van der Waals surface area contributed by atoms with Crippen molar-refractivity contribution < 1.29 is 13.9 Å². The van der Waals surface area contributed by atoms with Crippen LogP contribution in [0.25, 0.3) is 0 Å². The van der Waals surface area contributed by atoms with Crippen molar-refractivity contribution in [3.63, 3.8) is 0 Å². The Morgan fingerprint density at radius 3 is 2.48 bits per heavy atom. The summed E-state index contributed by atoms with van der Waals surface area (Å²) >= 11 is 0. The fraction of sp³-hybridized carbons (Fsp3) is 0.368. The van der Waals surface area contributed by atoms with Gasteiger partial charge in [-0.1, -0.05) is 19.1 Å². The molecule has 1 unspecified atom stereocenters. The summed E-state index contributed by atoms with van der Waals surface area (Å²) in [6.45, 7) is 3.21. The highest BCUT2D eigenvalue weighted by molar-refractivity contribution is 5.38. The van der Waals surface area contributed by atoms with Gasteiger partial charge in [0.2, 0.25) is 0 Å². The Hall–Kier alpha value is -2.07. The van der Waals surface area contributed by atoms with Gasteiger partial charge in [-0.15, -0.1) is 0 Å². The van der Waals surface area contributed by atoms with Crippen molar-refractivity contribution in [2.24, 2.45) is 5.73 Å². The van der Waals surface area contributed by atoms with Crippen LogP contribution in [0.15, 0.2) is 42.5 Å². The van der Waals surface area contributed by atoms with E-state index in [2.05, 4.69) is 6.92 Å². The Labute approximate surface area is 137 Å². The zero-order valence-electron chi connectivity index (χ0n) is 13.7. The predicted molar refractivity (Wildman–Crippen MR) is 90.7 cm³/mol. The van der Waals surface area contributed by atoms with Gasteiger partial charge in [-0.2, -0.15) is 0 Å². The Morgan fingerprint density at radius 2 is 1.87 bits per heavy atom. The number of nitrogens with two attached hydrogens (primary N) is 1. The first-order chi connectivity index (χ1) is 11.2. The van der Waals surface area contributed by atoms with E-state index in [1.807, 2.05) is 24.3 Å². The molecule has 0 fully saturated rings. The molecule has 2 N–H and O–H groups in total. The number of hydrogen-bond acceptors (Lipinski definition) is 3.